The molecule has 0 aliphatic carbocycles. The first-order valence-corrected chi connectivity index (χ1v) is 7.98. The van der Waals surface area contributed by atoms with Gasteiger partial charge in [0.05, 0.1) is 10.6 Å². The number of oxazole rings is 1. The predicted octanol–water partition coefficient (Wildman–Crippen LogP) is 2.81. The summed E-state index contributed by atoms with van der Waals surface area (Å²) in [5.74, 6) is 1.71. The van der Waals surface area contributed by atoms with Crippen LogP contribution in [0.2, 0.25) is 0 Å². The van der Waals surface area contributed by atoms with Crippen molar-refractivity contribution in [1.82, 2.24) is 15.2 Å². The Kier molecular flexibility index (Phi) is 3.92. The third kappa shape index (κ3) is 2.80. The van der Waals surface area contributed by atoms with E-state index >= 15 is 0 Å². The van der Waals surface area contributed by atoms with Crippen LogP contribution in [0.4, 0.5) is 0 Å². The van der Waals surface area contributed by atoms with Gasteiger partial charge in [-0.1, -0.05) is 0 Å². The molecule has 0 bridgehead atoms. The molecule has 1 fully saturated rings. The number of rotatable bonds is 3. The third-order valence-corrected chi connectivity index (χ3v) is 4.78. The molecule has 1 atom stereocenters. The Labute approximate surface area is 123 Å². The molecule has 1 aliphatic heterocycles. The van der Waals surface area contributed by atoms with Gasteiger partial charge in [0.1, 0.15) is 5.76 Å². The first kappa shape index (κ1) is 13.8. The van der Waals surface area contributed by atoms with Crippen molar-refractivity contribution in [2.45, 2.75) is 33.4 Å². The summed E-state index contributed by atoms with van der Waals surface area (Å²) in [7, 11) is 0. The number of nitrogens with one attached hydrogen (secondary N) is 1. The molecule has 0 amide bonds. The highest BCUT2D eigenvalue weighted by atomic mass is 32.1. The van der Waals surface area contributed by atoms with Crippen LogP contribution in [0.1, 0.15) is 23.9 Å². The van der Waals surface area contributed by atoms with Crippen LogP contribution < -0.4 is 5.32 Å². The standard InChI is InChI=1S/C15H21N3OS/c1-10-4-7-20-14(10)15-17-13(12(3)19-15)9-18-6-5-16-11(2)8-18/h4,7,11,16H,5-6,8-9H2,1-3H3. The highest BCUT2D eigenvalue weighted by molar-refractivity contribution is 7.13. The largest absolute Gasteiger partial charge is 0.440 e. The second-order valence-electron chi connectivity index (χ2n) is 5.54. The summed E-state index contributed by atoms with van der Waals surface area (Å²) in [4.78, 5) is 8.30. The Balaban J connectivity index is 1.77. The van der Waals surface area contributed by atoms with Gasteiger partial charge >= 0.3 is 0 Å². The summed E-state index contributed by atoms with van der Waals surface area (Å²) in [6.07, 6.45) is 0. The van der Waals surface area contributed by atoms with Crippen molar-refractivity contribution in [3.05, 3.63) is 28.5 Å². The van der Waals surface area contributed by atoms with E-state index in [0.717, 1.165) is 48.4 Å². The molecule has 20 heavy (non-hydrogen) atoms. The monoisotopic (exact) mass is 291 g/mol. The number of piperazine rings is 1. The molecular formula is C15H21N3OS. The summed E-state index contributed by atoms with van der Waals surface area (Å²) in [5, 5.41) is 5.55. The molecule has 1 N–H and O–H groups in total. The van der Waals surface area contributed by atoms with Gasteiger partial charge in [-0.3, -0.25) is 4.90 Å². The smallest absolute Gasteiger partial charge is 0.237 e. The van der Waals surface area contributed by atoms with E-state index in [9.17, 15) is 0 Å². The maximum Gasteiger partial charge on any atom is 0.237 e. The van der Waals surface area contributed by atoms with Crippen LogP contribution in [0.3, 0.4) is 0 Å². The van der Waals surface area contributed by atoms with E-state index in [0.29, 0.717) is 6.04 Å². The molecule has 1 aliphatic rings. The molecule has 0 saturated carbocycles. The van der Waals surface area contributed by atoms with Crippen molar-refractivity contribution in [2.24, 2.45) is 0 Å². The second-order valence-corrected chi connectivity index (χ2v) is 6.46. The Morgan fingerprint density at radius 1 is 1.50 bits per heavy atom. The maximum atomic E-state index is 5.87. The molecular weight excluding hydrogens is 270 g/mol. The van der Waals surface area contributed by atoms with Crippen molar-refractivity contribution < 1.29 is 4.42 Å². The first-order valence-electron chi connectivity index (χ1n) is 7.10. The van der Waals surface area contributed by atoms with Crippen LogP contribution in [-0.2, 0) is 6.54 Å². The lowest BCUT2D eigenvalue weighted by Gasteiger charge is -2.31. The summed E-state index contributed by atoms with van der Waals surface area (Å²) in [5.41, 5.74) is 2.31. The highest BCUT2D eigenvalue weighted by Gasteiger charge is 2.20. The van der Waals surface area contributed by atoms with Crippen LogP contribution in [0.5, 0.6) is 0 Å². The van der Waals surface area contributed by atoms with E-state index in [1.807, 2.05) is 6.92 Å². The van der Waals surface area contributed by atoms with Crippen molar-refractivity contribution >= 4 is 11.3 Å². The molecule has 0 aromatic carbocycles. The lowest BCUT2D eigenvalue weighted by atomic mass is 10.2. The van der Waals surface area contributed by atoms with E-state index in [4.69, 9.17) is 9.40 Å². The van der Waals surface area contributed by atoms with Gasteiger partial charge in [-0.05, 0) is 37.8 Å². The number of thiophene rings is 1. The van der Waals surface area contributed by atoms with Crippen molar-refractivity contribution in [3.8, 4) is 10.8 Å². The molecule has 108 valence electrons. The van der Waals surface area contributed by atoms with Crippen LogP contribution >= 0.6 is 11.3 Å². The van der Waals surface area contributed by atoms with Crippen molar-refractivity contribution in [2.75, 3.05) is 19.6 Å². The molecule has 1 saturated heterocycles. The fourth-order valence-electron chi connectivity index (χ4n) is 2.63. The van der Waals surface area contributed by atoms with Crippen molar-refractivity contribution in [3.63, 3.8) is 0 Å². The molecule has 4 nitrogen and oxygen atoms in total. The van der Waals surface area contributed by atoms with E-state index in [-0.39, 0.29) is 0 Å². The Morgan fingerprint density at radius 2 is 2.35 bits per heavy atom. The van der Waals surface area contributed by atoms with E-state index in [2.05, 4.69) is 35.5 Å². The zero-order valence-electron chi connectivity index (χ0n) is 12.3. The van der Waals surface area contributed by atoms with Crippen LogP contribution in [0.15, 0.2) is 15.9 Å². The molecule has 2 aromatic heterocycles. The minimum absolute atomic E-state index is 0.551. The van der Waals surface area contributed by atoms with Gasteiger partial charge in [0.15, 0.2) is 0 Å². The van der Waals surface area contributed by atoms with Gasteiger partial charge in [0.2, 0.25) is 5.89 Å². The fourth-order valence-corrected chi connectivity index (χ4v) is 3.48. The van der Waals surface area contributed by atoms with Crippen LogP contribution in [0.25, 0.3) is 10.8 Å². The number of nitrogens with zero attached hydrogens (tertiary/aromatic N) is 2. The SMILES string of the molecule is Cc1ccsc1-c1nc(CN2CCNC(C)C2)c(C)o1. The average Bonchev–Trinajstić information content (AvgIpc) is 2.97. The molecule has 2 aromatic rings. The first-order chi connectivity index (χ1) is 9.63. The van der Waals surface area contributed by atoms with Crippen LogP contribution in [0, 0.1) is 13.8 Å². The average molecular weight is 291 g/mol. The van der Waals surface area contributed by atoms with Gasteiger partial charge in [-0.2, -0.15) is 0 Å². The molecule has 3 heterocycles. The Morgan fingerprint density at radius 3 is 3.05 bits per heavy atom. The summed E-state index contributed by atoms with van der Waals surface area (Å²) in [6.45, 7) is 10.4. The number of hydrogen-bond donors (Lipinski definition) is 1. The molecule has 1 unspecified atom stereocenters. The summed E-state index contributed by atoms with van der Waals surface area (Å²) < 4.78 is 5.87. The number of aromatic nitrogens is 1. The molecule has 0 spiro atoms. The topological polar surface area (TPSA) is 41.3 Å². The minimum Gasteiger partial charge on any atom is -0.440 e. The van der Waals surface area contributed by atoms with Gasteiger partial charge < -0.3 is 9.73 Å². The Hall–Kier alpha value is -1.17. The second kappa shape index (κ2) is 5.68. The van der Waals surface area contributed by atoms with Gasteiger partial charge in [0.25, 0.3) is 0 Å². The third-order valence-electron chi connectivity index (χ3n) is 3.78. The van der Waals surface area contributed by atoms with Crippen molar-refractivity contribution in [1.29, 1.82) is 0 Å². The Bertz CT molecular complexity index is 590. The van der Waals surface area contributed by atoms with Gasteiger partial charge in [-0.25, -0.2) is 4.98 Å². The molecule has 5 heteroatoms. The zero-order valence-corrected chi connectivity index (χ0v) is 13.1. The highest BCUT2D eigenvalue weighted by Crippen LogP contribution is 2.30. The number of hydrogen-bond acceptors (Lipinski definition) is 5. The maximum absolute atomic E-state index is 5.87. The summed E-state index contributed by atoms with van der Waals surface area (Å²) >= 11 is 1.69. The summed E-state index contributed by atoms with van der Waals surface area (Å²) in [6, 6.07) is 2.66. The van der Waals surface area contributed by atoms with E-state index in [1.54, 1.807) is 11.3 Å². The normalized spacial score (nSPS) is 20.4. The van der Waals surface area contributed by atoms with E-state index in [1.165, 1.54) is 5.56 Å². The van der Waals surface area contributed by atoms with Crippen LogP contribution in [-0.4, -0.2) is 35.6 Å². The van der Waals surface area contributed by atoms with Gasteiger partial charge in [0, 0.05) is 32.2 Å². The van der Waals surface area contributed by atoms with Gasteiger partial charge in [-0.15, -0.1) is 11.3 Å². The zero-order chi connectivity index (χ0) is 14.1. The quantitative estimate of drug-likeness (QED) is 0.944. The lowest BCUT2D eigenvalue weighted by molar-refractivity contribution is 0.197. The lowest BCUT2D eigenvalue weighted by Crippen LogP contribution is -2.48. The predicted molar refractivity (Wildman–Crippen MR) is 82.0 cm³/mol. The number of aryl methyl sites for hydroxylation is 2. The molecule has 0 radical (unpaired) electrons. The molecule has 3 rings (SSSR count). The fraction of sp³-hybridized carbons (Fsp3) is 0.533. The minimum atomic E-state index is 0.551. The van der Waals surface area contributed by atoms with E-state index < -0.39 is 0 Å².